The third kappa shape index (κ3) is 9.18. The molecule has 19 heavy (non-hydrogen) atoms. The highest BCUT2D eigenvalue weighted by Gasteiger charge is 2.16. The zero-order valence-electron chi connectivity index (χ0n) is 12.2. The molecule has 1 N–H and O–H groups in total. The van der Waals surface area contributed by atoms with E-state index in [1.54, 1.807) is 11.8 Å². The van der Waals surface area contributed by atoms with E-state index in [0.29, 0.717) is 6.54 Å². The molecular formula is C13H24N2O4. The third-order valence-electron chi connectivity index (χ3n) is 2.31. The Hall–Kier alpha value is -1.43. The number of likely N-dealkylation sites (N-methyl/N-ethyl adjacent to an activating group) is 1. The zero-order chi connectivity index (χ0) is 14.8. The number of carbonyl (C=O) groups excluding carboxylic acids is 3. The lowest BCUT2D eigenvalue weighted by atomic mass is 10.2. The fourth-order valence-electron chi connectivity index (χ4n) is 1.53. The first-order valence-electron chi connectivity index (χ1n) is 6.58. The van der Waals surface area contributed by atoms with Gasteiger partial charge in [0.05, 0.1) is 19.7 Å². The molecule has 110 valence electrons. The van der Waals surface area contributed by atoms with Gasteiger partial charge in [0.25, 0.3) is 0 Å². The topological polar surface area (TPSA) is 75.7 Å². The van der Waals surface area contributed by atoms with Gasteiger partial charge in [0.2, 0.25) is 5.91 Å². The highest BCUT2D eigenvalue weighted by Crippen LogP contribution is 1.95. The van der Waals surface area contributed by atoms with E-state index in [1.165, 1.54) is 0 Å². The second-order valence-electron chi connectivity index (χ2n) is 4.55. The first-order valence-corrected chi connectivity index (χ1v) is 6.58. The summed E-state index contributed by atoms with van der Waals surface area (Å²) in [6.07, 6.45) is -0.240. The first-order chi connectivity index (χ1) is 8.88. The van der Waals surface area contributed by atoms with Crippen molar-refractivity contribution in [2.45, 2.75) is 40.2 Å². The van der Waals surface area contributed by atoms with Crippen LogP contribution < -0.4 is 5.32 Å². The van der Waals surface area contributed by atoms with Gasteiger partial charge in [0, 0.05) is 6.04 Å². The molecule has 0 bridgehead atoms. The number of Topliss-reactive ketones (excluding diaryl/α,β-unsaturated/α-hetero) is 1. The Bertz CT molecular complexity index is 316. The van der Waals surface area contributed by atoms with Crippen LogP contribution in [-0.2, 0) is 19.1 Å². The van der Waals surface area contributed by atoms with E-state index in [-0.39, 0.29) is 43.8 Å². The fourth-order valence-corrected chi connectivity index (χ4v) is 1.53. The molecule has 0 aliphatic carbocycles. The number of ether oxygens (including phenoxy) is 1. The van der Waals surface area contributed by atoms with Crippen LogP contribution in [0.15, 0.2) is 0 Å². The van der Waals surface area contributed by atoms with E-state index in [9.17, 15) is 14.4 Å². The molecule has 0 aromatic carbocycles. The largest absolute Gasteiger partial charge is 0.466 e. The van der Waals surface area contributed by atoms with Crippen molar-refractivity contribution >= 4 is 17.7 Å². The lowest BCUT2D eigenvalue weighted by Gasteiger charge is -2.19. The number of esters is 1. The van der Waals surface area contributed by atoms with Crippen LogP contribution in [0.3, 0.4) is 0 Å². The Morgan fingerprint density at radius 2 is 1.79 bits per heavy atom. The van der Waals surface area contributed by atoms with Gasteiger partial charge in [-0.2, -0.15) is 0 Å². The summed E-state index contributed by atoms with van der Waals surface area (Å²) in [6.45, 7) is 8.38. The van der Waals surface area contributed by atoms with Crippen LogP contribution in [0.4, 0.5) is 0 Å². The Labute approximate surface area is 114 Å². The predicted molar refractivity (Wildman–Crippen MR) is 71.6 cm³/mol. The van der Waals surface area contributed by atoms with Gasteiger partial charge in [-0.15, -0.1) is 0 Å². The molecule has 0 saturated carbocycles. The molecule has 0 fully saturated rings. The van der Waals surface area contributed by atoms with Crippen LogP contribution in [0, 0.1) is 0 Å². The number of nitrogens with zero attached hydrogens (tertiary/aromatic N) is 1. The molecule has 0 radical (unpaired) electrons. The number of amides is 1. The Morgan fingerprint density at radius 3 is 2.26 bits per heavy atom. The predicted octanol–water partition coefficient (Wildman–Crippen LogP) is 0.355. The number of carbonyl (C=O) groups is 3. The van der Waals surface area contributed by atoms with Crippen molar-refractivity contribution in [3.05, 3.63) is 0 Å². The van der Waals surface area contributed by atoms with Crippen LogP contribution >= 0.6 is 0 Å². The maximum Gasteiger partial charge on any atom is 0.313 e. The molecule has 6 heteroatoms. The molecule has 6 nitrogen and oxygen atoms in total. The molecule has 0 spiro atoms. The molecule has 0 atom stereocenters. The maximum absolute atomic E-state index is 11.6. The van der Waals surface area contributed by atoms with Gasteiger partial charge in [0.15, 0.2) is 5.78 Å². The molecule has 0 heterocycles. The summed E-state index contributed by atoms with van der Waals surface area (Å²) in [4.78, 5) is 36.0. The summed E-state index contributed by atoms with van der Waals surface area (Å²) in [6, 6.07) is 0.0708. The second kappa shape index (κ2) is 9.49. The molecule has 0 aliphatic heterocycles. The van der Waals surface area contributed by atoms with Gasteiger partial charge >= 0.3 is 5.97 Å². The van der Waals surface area contributed by atoms with Crippen molar-refractivity contribution in [1.82, 2.24) is 10.2 Å². The first kappa shape index (κ1) is 17.6. The van der Waals surface area contributed by atoms with Crippen LogP contribution in [0.25, 0.3) is 0 Å². The Balaban J connectivity index is 4.14. The summed E-state index contributed by atoms with van der Waals surface area (Å²) in [5.41, 5.74) is 0. The van der Waals surface area contributed by atoms with E-state index >= 15 is 0 Å². The van der Waals surface area contributed by atoms with E-state index < -0.39 is 5.97 Å². The average molecular weight is 272 g/mol. The minimum atomic E-state index is -0.518. The van der Waals surface area contributed by atoms with Gasteiger partial charge in [0.1, 0.15) is 6.42 Å². The highest BCUT2D eigenvalue weighted by atomic mass is 16.5. The minimum Gasteiger partial charge on any atom is -0.466 e. The molecule has 0 unspecified atom stereocenters. The van der Waals surface area contributed by atoms with Crippen LogP contribution in [0.1, 0.15) is 34.1 Å². The van der Waals surface area contributed by atoms with Gasteiger partial charge < -0.3 is 10.1 Å². The summed E-state index contributed by atoms with van der Waals surface area (Å²) >= 11 is 0. The van der Waals surface area contributed by atoms with Crippen molar-refractivity contribution < 1.29 is 19.1 Å². The lowest BCUT2D eigenvalue weighted by Crippen LogP contribution is -2.42. The smallest absolute Gasteiger partial charge is 0.313 e. The summed E-state index contributed by atoms with van der Waals surface area (Å²) in [7, 11) is 0. The number of nitrogens with one attached hydrogen (secondary N) is 1. The van der Waals surface area contributed by atoms with Crippen LogP contribution in [0.5, 0.6) is 0 Å². The number of rotatable bonds is 9. The summed E-state index contributed by atoms with van der Waals surface area (Å²) in [5, 5.41) is 2.76. The third-order valence-corrected chi connectivity index (χ3v) is 2.31. The molecule has 0 saturated heterocycles. The number of hydrogen-bond acceptors (Lipinski definition) is 5. The summed E-state index contributed by atoms with van der Waals surface area (Å²) in [5.74, 6) is -0.881. The van der Waals surface area contributed by atoms with Gasteiger partial charge in [-0.3, -0.25) is 19.3 Å². The van der Waals surface area contributed by atoms with Gasteiger partial charge in [-0.25, -0.2) is 0 Å². The van der Waals surface area contributed by atoms with Crippen molar-refractivity contribution in [1.29, 1.82) is 0 Å². The molecular weight excluding hydrogens is 248 g/mol. The monoisotopic (exact) mass is 272 g/mol. The average Bonchev–Trinajstić information content (AvgIpc) is 2.26. The minimum absolute atomic E-state index is 0.0708. The highest BCUT2D eigenvalue weighted by molar-refractivity contribution is 5.96. The lowest BCUT2D eigenvalue weighted by molar-refractivity contribution is -0.145. The number of hydrogen-bond donors (Lipinski definition) is 1. The standard InChI is InChI=1S/C13H24N2O4/c1-5-15(9-12(17)14-10(3)4)8-11(16)7-13(18)19-6-2/h10H,5-9H2,1-4H3,(H,14,17). The van der Waals surface area contributed by atoms with E-state index in [1.807, 2.05) is 20.8 Å². The SMILES string of the molecule is CCOC(=O)CC(=O)CN(CC)CC(=O)NC(C)C. The Morgan fingerprint density at radius 1 is 1.16 bits per heavy atom. The Kier molecular flexibility index (Phi) is 8.78. The van der Waals surface area contributed by atoms with E-state index in [2.05, 4.69) is 5.32 Å². The second-order valence-corrected chi connectivity index (χ2v) is 4.55. The van der Waals surface area contributed by atoms with Crippen molar-refractivity contribution in [3.63, 3.8) is 0 Å². The maximum atomic E-state index is 11.6. The van der Waals surface area contributed by atoms with Crippen molar-refractivity contribution in [2.75, 3.05) is 26.2 Å². The zero-order valence-corrected chi connectivity index (χ0v) is 12.2. The van der Waals surface area contributed by atoms with Crippen LogP contribution in [0.2, 0.25) is 0 Å². The normalized spacial score (nSPS) is 10.6. The molecule has 1 amide bonds. The molecule has 0 rings (SSSR count). The fraction of sp³-hybridized carbons (Fsp3) is 0.769. The van der Waals surface area contributed by atoms with E-state index in [4.69, 9.17) is 4.74 Å². The van der Waals surface area contributed by atoms with Crippen LogP contribution in [-0.4, -0.2) is 54.8 Å². The molecule has 0 aromatic rings. The number of ketones is 1. The molecule has 0 aliphatic rings. The van der Waals surface area contributed by atoms with Crippen molar-refractivity contribution in [3.8, 4) is 0 Å². The van der Waals surface area contributed by atoms with Gasteiger partial charge in [-0.1, -0.05) is 6.92 Å². The van der Waals surface area contributed by atoms with Crippen molar-refractivity contribution in [2.24, 2.45) is 0 Å². The summed E-state index contributed by atoms with van der Waals surface area (Å²) < 4.78 is 4.70. The quantitative estimate of drug-likeness (QED) is 0.484. The van der Waals surface area contributed by atoms with Gasteiger partial charge in [-0.05, 0) is 27.3 Å². The van der Waals surface area contributed by atoms with E-state index in [0.717, 1.165) is 0 Å². The molecule has 0 aromatic heterocycles.